The van der Waals surface area contributed by atoms with Crippen molar-refractivity contribution in [1.29, 1.82) is 0 Å². The molecule has 0 amide bonds. The summed E-state index contributed by atoms with van der Waals surface area (Å²) in [6.45, 7) is 3.70. The van der Waals surface area contributed by atoms with E-state index in [9.17, 15) is 8.42 Å². The lowest BCUT2D eigenvalue weighted by molar-refractivity contribution is 0.467. The number of sulfone groups is 1. The molecule has 2 heterocycles. The van der Waals surface area contributed by atoms with Crippen LogP contribution in [0.15, 0.2) is 50.2 Å². The number of benzene rings is 1. The summed E-state index contributed by atoms with van der Waals surface area (Å²) in [6.07, 6.45) is 0. The zero-order chi connectivity index (χ0) is 17.2. The lowest BCUT2D eigenvalue weighted by Gasteiger charge is -2.08. The van der Waals surface area contributed by atoms with Gasteiger partial charge in [0.1, 0.15) is 0 Å². The number of thioether (sulfide) groups is 1. The molecule has 24 heavy (non-hydrogen) atoms. The molecule has 3 rings (SSSR count). The summed E-state index contributed by atoms with van der Waals surface area (Å²) in [5, 5.41) is 10.3. The van der Waals surface area contributed by atoms with Crippen molar-refractivity contribution < 1.29 is 12.8 Å². The number of aromatic nitrogens is 2. The molecule has 8 heteroatoms. The maximum absolute atomic E-state index is 12.5. The molecule has 0 fully saturated rings. The molecule has 0 saturated heterocycles. The van der Waals surface area contributed by atoms with Gasteiger partial charge in [-0.25, -0.2) is 8.42 Å². The van der Waals surface area contributed by atoms with E-state index in [1.54, 1.807) is 6.07 Å². The number of hydrogen-bond donors (Lipinski definition) is 0. The predicted molar refractivity (Wildman–Crippen MR) is 96.3 cm³/mol. The fourth-order valence-corrected chi connectivity index (χ4v) is 5.57. The first kappa shape index (κ1) is 17.2. The molecule has 0 saturated carbocycles. The lowest BCUT2D eigenvalue weighted by atomic mass is 10.2. The van der Waals surface area contributed by atoms with Gasteiger partial charge in [0.05, 0.1) is 15.5 Å². The molecule has 0 bridgehead atoms. The van der Waals surface area contributed by atoms with Gasteiger partial charge < -0.3 is 4.42 Å². The molecule has 0 aliphatic rings. The van der Waals surface area contributed by atoms with Crippen LogP contribution in [0.4, 0.5) is 0 Å². The van der Waals surface area contributed by atoms with Gasteiger partial charge in [0.15, 0.2) is 9.84 Å². The van der Waals surface area contributed by atoms with Crippen LogP contribution in [0.1, 0.15) is 11.1 Å². The Morgan fingerprint density at radius 2 is 2.04 bits per heavy atom. The fourth-order valence-electron chi connectivity index (χ4n) is 2.16. The van der Waals surface area contributed by atoms with Crippen molar-refractivity contribution in [2.24, 2.45) is 0 Å². The summed E-state index contributed by atoms with van der Waals surface area (Å²) in [7, 11) is -3.33. The fraction of sp³-hybridized carbons (Fsp3) is 0.250. The molecule has 0 atom stereocenters. The average molecular weight is 381 g/mol. The van der Waals surface area contributed by atoms with E-state index < -0.39 is 9.84 Å². The molecule has 0 radical (unpaired) electrons. The summed E-state index contributed by atoms with van der Waals surface area (Å²) in [5.74, 6) is 0.852. The van der Waals surface area contributed by atoms with Gasteiger partial charge in [-0.1, -0.05) is 30.0 Å². The Hall–Kier alpha value is -1.64. The van der Waals surface area contributed by atoms with E-state index in [1.165, 1.54) is 23.1 Å². The Labute approximate surface area is 149 Å². The van der Waals surface area contributed by atoms with E-state index in [0.29, 0.717) is 21.8 Å². The normalized spacial score (nSPS) is 11.8. The van der Waals surface area contributed by atoms with Crippen LogP contribution >= 0.6 is 23.1 Å². The molecule has 0 unspecified atom stereocenters. The number of nitrogens with zero attached hydrogens (tertiary/aromatic N) is 2. The first-order chi connectivity index (χ1) is 11.5. The molecule has 0 N–H and O–H groups in total. The van der Waals surface area contributed by atoms with E-state index in [1.807, 2.05) is 43.5 Å². The molecule has 0 aliphatic heterocycles. The number of thiophene rings is 1. The van der Waals surface area contributed by atoms with E-state index in [2.05, 4.69) is 10.2 Å². The van der Waals surface area contributed by atoms with Crippen LogP contribution < -0.4 is 0 Å². The summed E-state index contributed by atoms with van der Waals surface area (Å²) in [4.78, 5) is 1.30. The second kappa shape index (κ2) is 7.08. The molecular weight excluding hydrogens is 364 g/mol. The van der Waals surface area contributed by atoms with Gasteiger partial charge in [0, 0.05) is 5.75 Å². The van der Waals surface area contributed by atoms with Crippen LogP contribution in [0, 0.1) is 13.8 Å². The third-order valence-electron chi connectivity index (χ3n) is 3.39. The largest absolute Gasteiger partial charge is 0.410 e. The highest BCUT2D eigenvalue weighted by molar-refractivity contribution is 8.00. The zero-order valence-electron chi connectivity index (χ0n) is 13.2. The highest BCUT2D eigenvalue weighted by atomic mass is 32.2. The van der Waals surface area contributed by atoms with Gasteiger partial charge in [-0.15, -0.1) is 21.5 Å². The summed E-state index contributed by atoms with van der Waals surface area (Å²) < 4.78 is 30.6. The van der Waals surface area contributed by atoms with Crippen LogP contribution in [-0.2, 0) is 9.84 Å². The third kappa shape index (κ3) is 3.88. The van der Waals surface area contributed by atoms with Gasteiger partial charge >= 0.3 is 0 Å². The van der Waals surface area contributed by atoms with Crippen molar-refractivity contribution in [3.8, 4) is 10.8 Å². The highest BCUT2D eigenvalue weighted by Gasteiger charge is 2.18. The quantitative estimate of drug-likeness (QED) is 0.602. The first-order valence-corrected chi connectivity index (χ1v) is 10.8. The second-order valence-corrected chi connectivity index (χ2v) is 9.36. The van der Waals surface area contributed by atoms with Crippen molar-refractivity contribution >= 4 is 32.9 Å². The Morgan fingerprint density at radius 3 is 2.79 bits per heavy atom. The smallest absolute Gasteiger partial charge is 0.276 e. The number of hydrogen-bond acceptors (Lipinski definition) is 7. The molecule has 0 aliphatic carbocycles. The molecule has 0 spiro atoms. The van der Waals surface area contributed by atoms with Crippen LogP contribution in [0.25, 0.3) is 10.8 Å². The Kier molecular flexibility index (Phi) is 5.07. The van der Waals surface area contributed by atoms with Crippen LogP contribution in [0.5, 0.6) is 0 Å². The standard InChI is InChI=1S/C16H16N2O3S3/c1-11-5-6-12(2)14(10-11)24(19,20)9-8-23-16-18-17-15(21-16)13-4-3-7-22-13/h3-7,10H,8-9H2,1-2H3. The van der Waals surface area contributed by atoms with Crippen LogP contribution in [0.2, 0.25) is 0 Å². The monoisotopic (exact) mass is 380 g/mol. The second-order valence-electron chi connectivity index (χ2n) is 5.29. The van der Waals surface area contributed by atoms with Crippen molar-refractivity contribution in [2.45, 2.75) is 24.0 Å². The van der Waals surface area contributed by atoms with Crippen LogP contribution in [-0.4, -0.2) is 30.1 Å². The summed E-state index contributed by atoms with van der Waals surface area (Å²) >= 11 is 2.77. The maximum atomic E-state index is 12.5. The first-order valence-electron chi connectivity index (χ1n) is 7.26. The average Bonchev–Trinajstić information content (AvgIpc) is 3.20. The van der Waals surface area contributed by atoms with E-state index in [4.69, 9.17) is 4.42 Å². The van der Waals surface area contributed by atoms with E-state index in [0.717, 1.165) is 16.0 Å². The van der Waals surface area contributed by atoms with E-state index in [-0.39, 0.29) is 5.75 Å². The van der Waals surface area contributed by atoms with Crippen molar-refractivity contribution in [1.82, 2.24) is 10.2 Å². The van der Waals surface area contributed by atoms with Gasteiger partial charge in [-0.05, 0) is 42.5 Å². The van der Waals surface area contributed by atoms with Crippen LogP contribution in [0.3, 0.4) is 0 Å². The Balaban J connectivity index is 1.64. The summed E-state index contributed by atoms with van der Waals surface area (Å²) in [6, 6.07) is 9.27. The lowest BCUT2D eigenvalue weighted by Crippen LogP contribution is -2.10. The highest BCUT2D eigenvalue weighted by Crippen LogP contribution is 2.27. The Bertz CT molecular complexity index is 931. The van der Waals surface area contributed by atoms with Gasteiger partial charge in [0.25, 0.3) is 11.1 Å². The summed E-state index contributed by atoms with van der Waals surface area (Å²) in [5.41, 5.74) is 1.70. The Morgan fingerprint density at radius 1 is 1.21 bits per heavy atom. The van der Waals surface area contributed by atoms with Crippen molar-refractivity contribution in [3.63, 3.8) is 0 Å². The third-order valence-corrected chi connectivity index (χ3v) is 7.18. The van der Waals surface area contributed by atoms with Crippen molar-refractivity contribution in [3.05, 3.63) is 46.8 Å². The predicted octanol–water partition coefficient (Wildman–Crippen LogP) is 3.98. The van der Waals surface area contributed by atoms with Gasteiger partial charge in [0.2, 0.25) is 0 Å². The van der Waals surface area contributed by atoms with Crippen molar-refractivity contribution in [2.75, 3.05) is 11.5 Å². The molecule has 2 aromatic heterocycles. The topological polar surface area (TPSA) is 73.1 Å². The van der Waals surface area contributed by atoms with Gasteiger partial charge in [-0.2, -0.15) is 0 Å². The minimum atomic E-state index is -3.33. The number of rotatable bonds is 6. The van der Waals surface area contributed by atoms with Gasteiger partial charge in [-0.3, -0.25) is 0 Å². The zero-order valence-corrected chi connectivity index (χ0v) is 15.7. The molecular formula is C16H16N2O3S3. The minimum absolute atomic E-state index is 0.0265. The molecule has 126 valence electrons. The minimum Gasteiger partial charge on any atom is -0.410 e. The molecule has 3 aromatic rings. The SMILES string of the molecule is Cc1ccc(C)c(S(=O)(=O)CCSc2nnc(-c3cccs3)o2)c1. The maximum Gasteiger partial charge on any atom is 0.276 e. The molecule has 5 nitrogen and oxygen atoms in total. The van der Waals surface area contributed by atoms with E-state index >= 15 is 0 Å². The number of aryl methyl sites for hydroxylation is 2. The molecule has 1 aromatic carbocycles.